The Hall–Kier alpha value is -1.79. The van der Waals surface area contributed by atoms with E-state index >= 15 is 0 Å². The quantitative estimate of drug-likeness (QED) is 0.750. The highest BCUT2D eigenvalue weighted by atomic mass is 16.5. The van der Waals surface area contributed by atoms with Crippen LogP contribution in [0.3, 0.4) is 0 Å². The van der Waals surface area contributed by atoms with Gasteiger partial charge in [0, 0.05) is 19.6 Å². The van der Waals surface area contributed by atoms with Crippen LogP contribution in [0, 0.1) is 11.3 Å². The number of esters is 1. The molecule has 0 aromatic rings. The van der Waals surface area contributed by atoms with Crippen LogP contribution >= 0.6 is 0 Å². The van der Waals surface area contributed by atoms with Crippen LogP contribution in [0.25, 0.3) is 0 Å². The van der Waals surface area contributed by atoms with Gasteiger partial charge in [-0.15, -0.1) is 0 Å². The molecule has 2 fully saturated rings. The molecule has 21 heavy (non-hydrogen) atoms. The van der Waals surface area contributed by atoms with Crippen LogP contribution in [-0.2, 0) is 14.3 Å². The van der Waals surface area contributed by atoms with Gasteiger partial charge in [0.15, 0.2) is 0 Å². The molecular weight excluding hydrogens is 276 g/mol. The number of aliphatic carboxylic acids is 1. The Labute approximate surface area is 123 Å². The number of carbonyl (C=O) groups is 3. The zero-order valence-corrected chi connectivity index (χ0v) is 12.3. The van der Waals surface area contributed by atoms with Gasteiger partial charge in [-0.2, -0.15) is 0 Å². The number of amides is 2. The first-order valence-electron chi connectivity index (χ1n) is 7.32. The van der Waals surface area contributed by atoms with Gasteiger partial charge in [0.05, 0.1) is 18.4 Å². The minimum atomic E-state index is -0.835. The van der Waals surface area contributed by atoms with Crippen molar-refractivity contribution in [3.05, 3.63) is 0 Å². The number of piperidine rings is 1. The molecule has 2 rings (SSSR count). The fourth-order valence-electron chi connectivity index (χ4n) is 2.91. The number of carboxylic acids is 1. The number of urea groups is 1. The van der Waals surface area contributed by atoms with Crippen molar-refractivity contribution >= 4 is 18.0 Å². The van der Waals surface area contributed by atoms with Crippen molar-refractivity contribution in [1.29, 1.82) is 0 Å². The largest absolute Gasteiger partial charge is 0.481 e. The van der Waals surface area contributed by atoms with Gasteiger partial charge in [-0.25, -0.2) is 4.79 Å². The lowest BCUT2D eigenvalue weighted by Crippen LogP contribution is -2.52. The van der Waals surface area contributed by atoms with Gasteiger partial charge in [-0.05, 0) is 25.7 Å². The minimum absolute atomic E-state index is 0.143. The summed E-state index contributed by atoms with van der Waals surface area (Å²) >= 11 is 0. The Kier molecular flexibility index (Phi) is 4.69. The number of hydrogen-bond acceptors (Lipinski definition) is 4. The highest BCUT2D eigenvalue weighted by Gasteiger charge is 2.44. The zero-order chi connectivity index (χ0) is 15.5. The van der Waals surface area contributed by atoms with E-state index in [4.69, 9.17) is 4.74 Å². The highest BCUT2D eigenvalue weighted by molar-refractivity contribution is 5.79. The molecule has 0 aromatic carbocycles. The summed E-state index contributed by atoms with van der Waals surface area (Å²) in [7, 11) is 1.37. The van der Waals surface area contributed by atoms with E-state index in [1.54, 1.807) is 4.90 Å². The Morgan fingerprint density at radius 1 is 1.29 bits per heavy atom. The number of rotatable bonds is 4. The summed E-state index contributed by atoms with van der Waals surface area (Å²) in [6.45, 7) is 1.16. The molecule has 1 saturated carbocycles. The minimum Gasteiger partial charge on any atom is -0.481 e. The van der Waals surface area contributed by atoms with E-state index in [2.05, 4.69) is 5.32 Å². The Bertz CT molecular complexity index is 425. The molecule has 0 spiro atoms. The van der Waals surface area contributed by atoms with Gasteiger partial charge in [0.2, 0.25) is 0 Å². The maximum Gasteiger partial charge on any atom is 0.317 e. The Morgan fingerprint density at radius 2 is 1.90 bits per heavy atom. The fourth-order valence-corrected chi connectivity index (χ4v) is 2.91. The molecule has 0 atom stereocenters. The van der Waals surface area contributed by atoms with Gasteiger partial charge in [-0.3, -0.25) is 9.59 Å². The van der Waals surface area contributed by atoms with Crippen LogP contribution in [0.15, 0.2) is 0 Å². The maximum absolute atomic E-state index is 12.1. The molecule has 118 valence electrons. The lowest BCUT2D eigenvalue weighted by Gasteiger charge is -2.38. The lowest BCUT2D eigenvalue weighted by atomic mass is 9.69. The Balaban J connectivity index is 1.77. The Morgan fingerprint density at radius 3 is 2.33 bits per heavy atom. The molecular formula is C14H22N2O5. The number of hydrogen-bond donors (Lipinski definition) is 2. The van der Waals surface area contributed by atoms with Crippen molar-refractivity contribution < 1.29 is 24.2 Å². The van der Waals surface area contributed by atoms with Crippen LogP contribution in [0.2, 0.25) is 0 Å². The molecule has 2 N–H and O–H groups in total. The summed E-state index contributed by atoms with van der Waals surface area (Å²) in [6.07, 6.45) is 3.31. The van der Waals surface area contributed by atoms with Gasteiger partial charge in [-0.1, -0.05) is 6.42 Å². The van der Waals surface area contributed by atoms with Crippen LogP contribution < -0.4 is 5.32 Å². The van der Waals surface area contributed by atoms with E-state index in [1.807, 2.05) is 0 Å². The molecule has 1 heterocycles. The van der Waals surface area contributed by atoms with Crippen LogP contribution in [0.5, 0.6) is 0 Å². The van der Waals surface area contributed by atoms with Crippen LogP contribution in [-0.4, -0.2) is 54.7 Å². The van der Waals surface area contributed by atoms with Crippen molar-refractivity contribution in [3.8, 4) is 0 Å². The first kappa shape index (κ1) is 15.6. The van der Waals surface area contributed by atoms with Gasteiger partial charge in [0.1, 0.15) is 0 Å². The third-order valence-electron chi connectivity index (χ3n) is 4.66. The number of likely N-dealkylation sites (tertiary alicyclic amines) is 1. The SMILES string of the molecule is COC(=O)C1CCN(C(=O)NCC2(C(=O)O)CCC2)CC1. The average molecular weight is 298 g/mol. The summed E-state index contributed by atoms with van der Waals surface area (Å²) in [4.78, 5) is 36.3. The van der Waals surface area contributed by atoms with Gasteiger partial charge < -0.3 is 20.1 Å². The van der Waals surface area contributed by atoms with Crippen molar-refractivity contribution in [2.75, 3.05) is 26.7 Å². The first-order chi connectivity index (χ1) is 9.98. The molecule has 2 amide bonds. The molecule has 1 aliphatic heterocycles. The summed E-state index contributed by atoms with van der Waals surface area (Å²) < 4.78 is 4.70. The van der Waals surface area contributed by atoms with E-state index in [9.17, 15) is 19.5 Å². The van der Waals surface area contributed by atoms with Crippen LogP contribution in [0.1, 0.15) is 32.1 Å². The molecule has 0 unspecified atom stereocenters. The molecule has 0 aromatic heterocycles. The van der Waals surface area contributed by atoms with Crippen LogP contribution in [0.4, 0.5) is 4.79 Å². The number of carboxylic acid groups (broad SMARTS) is 1. The zero-order valence-electron chi connectivity index (χ0n) is 12.3. The van der Waals surface area contributed by atoms with E-state index in [-0.39, 0.29) is 24.5 Å². The second-order valence-corrected chi connectivity index (χ2v) is 5.88. The number of methoxy groups -OCH3 is 1. The standard InChI is InChI=1S/C14H22N2O5/c1-21-11(17)10-3-7-16(8-4-10)13(20)15-9-14(12(18)19)5-2-6-14/h10H,2-9H2,1H3,(H,15,20)(H,18,19). The third kappa shape index (κ3) is 3.28. The predicted octanol–water partition coefficient (Wildman–Crippen LogP) is 0.836. The van der Waals surface area contributed by atoms with E-state index in [0.29, 0.717) is 38.8 Å². The fraction of sp³-hybridized carbons (Fsp3) is 0.786. The highest BCUT2D eigenvalue weighted by Crippen LogP contribution is 2.40. The molecule has 7 heteroatoms. The number of ether oxygens (including phenoxy) is 1. The summed E-state index contributed by atoms with van der Waals surface area (Å²) in [5, 5.41) is 11.9. The molecule has 1 saturated heterocycles. The monoisotopic (exact) mass is 298 g/mol. The molecule has 1 aliphatic carbocycles. The maximum atomic E-state index is 12.1. The summed E-state index contributed by atoms with van der Waals surface area (Å²) in [5.74, 6) is -1.20. The molecule has 0 bridgehead atoms. The van der Waals surface area contributed by atoms with Crippen molar-refractivity contribution in [2.45, 2.75) is 32.1 Å². The van der Waals surface area contributed by atoms with Crippen molar-refractivity contribution in [2.24, 2.45) is 11.3 Å². The van der Waals surface area contributed by atoms with Crippen molar-refractivity contribution in [1.82, 2.24) is 10.2 Å². The van der Waals surface area contributed by atoms with E-state index < -0.39 is 11.4 Å². The molecule has 2 aliphatic rings. The lowest BCUT2D eigenvalue weighted by molar-refractivity contribution is -0.154. The second kappa shape index (κ2) is 6.32. The van der Waals surface area contributed by atoms with E-state index in [1.165, 1.54) is 7.11 Å². The van der Waals surface area contributed by atoms with Crippen molar-refractivity contribution in [3.63, 3.8) is 0 Å². The second-order valence-electron chi connectivity index (χ2n) is 5.88. The number of carbonyl (C=O) groups excluding carboxylic acids is 2. The summed E-state index contributed by atoms with van der Waals surface area (Å²) in [5.41, 5.74) is -0.778. The topological polar surface area (TPSA) is 95.9 Å². The smallest absolute Gasteiger partial charge is 0.317 e. The predicted molar refractivity (Wildman–Crippen MR) is 73.6 cm³/mol. The van der Waals surface area contributed by atoms with Gasteiger partial charge >= 0.3 is 18.0 Å². The normalized spacial score (nSPS) is 21.3. The average Bonchev–Trinajstić information content (AvgIpc) is 2.44. The molecule has 7 nitrogen and oxygen atoms in total. The first-order valence-corrected chi connectivity index (χ1v) is 7.32. The molecule has 0 radical (unpaired) electrons. The number of nitrogens with zero attached hydrogens (tertiary/aromatic N) is 1. The summed E-state index contributed by atoms with van der Waals surface area (Å²) in [6, 6.07) is -0.245. The van der Waals surface area contributed by atoms with Gasteiger partial charge in [0.25, 0.3) is 0 Å². The van der Waals surface area contributed by atoms with E-state index in [0.717, 1.165) is 6.42 Å². The number of nitrogens with one attached hydrogen (secondary N) is 1. The third-order valence-corrected chi connectivity index (χ3v) is 4.66.